The Morgan fingerprint density at radius 3 is 2.49 bits per heavy atom. The van der Waals surface area contributed by atoms with Crippen molar-refractivity contribution >= 4 is 29.2 Å². The largest absolute Gasteiger partial charge is 0.491 e. The lowest BCUT2D eigenvalue weighted by molar-refractivity contribution is -0.128. The standard InChI is InChI=1S/C29H35ClN2O5/c1-29(2,3)37-28(35)31-14-13-25(21-7-11-24(12-8-21)36-16-15-33)26(19-31)27(34)32(23-9-10-23)18-20-5-4-6-22(30)17-20/h4-8,11-12,17,23,33H,9-10,13-16,18-19H2,1-3H3. The molecule has 2 amide bonds. The molecule has 1 N–H and O–H groups in total. The summed E-state index contributed by atoms with van der Waals surface area (Å²) < 4.78 is 11.1. The number of carbonyl (C=O) groups excluding carboxylic acids is 2. The predicted molar refractivity (Wildman–Crippen MR) is 143 cm³/mol. The summed E-state index contributed by atoms with van der Waals surface area (Å²) in [6.45, 7) is 6.77. The minimum Gasteiger partial charge on any atom is -0.491 e. The van der Waals surface area contributed by atoms with Crippen LogP contribution in [0.25, 0.3) is 5.57 Å². The molecule has 0 spiro atoms. The van der Waals surface area contributed by atoms with Gasteiger partial charge in [0.15, 0.2) is 0 Å². The van der Waals surface area contributed by atoms with Crippen molar-refractivity contribution in [3.05, 3.63) is 70.3 Å². The van der Waals surface area contributed by atoms with Crippen molar-refractivity contribution in [1.29, 1.82) is 0 Å². The number of rotatable bonds is 8. The van der Waals surface area contributed by atoms with Gasteiger partial charge in [-0.05, 0) is 81.0 Å². The monoisotopic (exact) mass is 526 g/mol. The van der Waals surface area contributed by atoms with Crippen molar-refractivity contribution in [3.8, 4) is 5.75 Å². The van der Waals surface area contributed by atoms with Crippen molar-refractivity contribution in [2.75, 3.05) is 26.3 Å². The molecule has 1 fully saturated rings. The molecule has 0 saturated heterocycles. The fourth-order valence-electron chi connectivity index (χ4n) is 4.43. The number of benzene rings is 2. The highest BCUT2D eigenvalue weighted by molar-refractivity contribution is 6.30. The highest BCUT2D eigenvalue weighted by Gasteiger charge is 2.37. The fourth-order valence-corrected chi connectivity index (χ4v) is 4.65. The van der Waals surface area contributed by atoms with E-state index in [-0.39, 0.29) is 31.7 Å². The SMILES string of the molecule is CC(C)(C)OC(=O)N1CCC(c2ccc(OCCO)cc2)=C(C(=O)N(Cc2cccc(Cl)c2)C2CC2)C1. The normalized spacial score (nSPS) is 16.0. The van der Waals surface area contributed by atoms with Gasteiger partial charge in [-0.3, -0.25) is 4.79 Å². The van der Waals surface area contributed by atoms with Gasteiger partial charge in [-0.15, -0.1) is 0 Å². The molecule has 0 radical (unpaired) electrons. The van der Waals surface area contributed by atoms with Gasteiger partial charge in [0, 0.05) is 29.7 Å². The van der Waals surface area contributed by atoms with E-state index < -0.39 is 11.7 Å². The zero-order valence-corrected chi connectivity index (χ0v) is 22.5. The molecular formula is C29H35ClN2O5. The van der Waals surface area contributed by atoms with Crippen molar-refractivity contribution in [3.63, 3.8) is 0 Å². The second-order valence-electron chi connectivity index (χ2n) is 10.5. The van der Waals surface area contributed by atoms with Gasteiger partial charge in [-0.25, -0.2) is 4.79 Å². The number of nitrogens with zero attached hydrogens (tertiary/aromatic N) is 2. The first kappa shape index (κ1) is 27.0. The lowest BCUT2D eigenvalue weighted by atomic mass is 9.92. The predicted octanol–water partition coefficient (Wildman–Crippen LogP) is 5.30. The quantitative estimate of drug-likeness (QED) is 0.505. The summed E-state index contributed by atoms with van der Waals surface area (Å²) in [7, 11) is 0. The molecule has 0 bridgehead atoms. The third-order valence-corrected chi connectivity index (χ3v) is 6.54. The molecule has 1 saturated carbocycles. The van der Waals surface area contributed by atoms with Crippen LogP contribution in [0.2, 0.25) is 5.02 Å². The molecule has 1 heterocycles. The molecule has 1 aliphatic heterocycles. The topological polar surface area (TPSA) is 79.3 Å². The van der Waals surface area contributed by atoms with Gasteiger partial charge in [0.2, 0.25) is 0 Å². The fraction of sp³-hybridized carbons (Fsp3) is 0.448. The molecule has 4 rings (SSSR count). The number of aliphatic hydroxyl groups excluding tert-OH is 1. The summed E-state index contributed by atoms with van der Waals surface area (Å²) >= 11 is 6.21. The number of ether oxygens (including phenoxy) is 2. The van der Waals surface area contributed by atoms with Gasteiger partial charge < -0.3 is 24.4 Å². The molecule has 0 aromatic heterocycles. The minimum absolute atomic E-state index is 0.0598. The second kappa shape index (κ2) is 11.6. The number of hydrogen-bond acceptors (Lipinski definition) is 5. The van der Waals surface area contributed by atoms with Crippen LogP contribution in [-0.2, 0) is 16.1 Å². The highest BCUT2D eigenvalue weighted by atomic mass is 35.5. The van der Waals surface area contributed by atoms with Crippen LogP contribution in [0.1, 0.15) is 51.2 Å². The van der Waals surface area contributed by atoms with Gasteiger partial charge in [0.25, 0.3) is 5.91 Å². The number of hydrogen-bond donors (Lipinski definition) is 1. The van der Waals surface area contributed by atoms with Crippen LogP contribution in [0.5, 0.6) is 5.75 Å². The van der Waals surface area contributed by atoms with Crippen LogP contribution >= 0.6 is 11.6 Å². The molecule has 2 aromatic rings. The van der Waals surface area contributed by atoms with E-state index in [1.807, 2.05) is 74.2 Å². The van der Waals surface area contributed by atoms with Crippen LogP contribution in [0, 0.1) is 0 Å². The molecule has 8 heteroatoms. The Kier molecular flexibility index (Phi) is 8.45. The molecule has 198 valence electrons. The summed E-state index contributed by atoms with van der Waals surface area (Å²) in [6, 6.07) is 15.3. The van der Waals surface area contributed by atoms with E-state index >= 15 is 0 Å². The molecule has 37 heavy (non-hydrogen) atoms. The summed E-state index contributed by atoms with van der Waals surface area (Å²) in [5.41, 5.74) is 2.80. The third-order valence-electron chi connectivity index (χ3n) is 6.31. The summed E-state index contributed by atoms with van der Waals surface area (Å²) in [5, 5.41) is 9.66. The Morgan fingerprint density at radius 1 is 1.14 bits per heavy atom. The number of halogens is 1. The Bertz CT molecular complexity index is 1150. The van der Waals surface area contributed by atoms with Gasteiger partial charge in [-0.1, -0.05) is 35.9 Å². The van der Waals surface area contributed by atoms with E-state index in [0.29, 0.717) is 35.9 Å². The number of amides is 2. The maximum Gasteiger partial charge on any atom is 0.410 e. The lowest BCUT2D eigenvalue weighted by Crippen LogP contribution is -2.44. The van der Waals surface area contributed by atoms with Gasteiger partial charge in [-0.2, -0.15) is 0 Å². The third kappa shape index (κ3) is 7.27. The first-order chi connectivity index (χ1) is 17.6. The zero-order chi connectivity index (χ0) is 26.6. The summed E-state index contributed by atoms with van der Waals surface area (Å²) in [4.78, 5) is 30.6. The van der Waals surface area contributed by atoms with Gasteiger partial charge in [0.05, 0.1) is 13.2 Å². The Labute approximate surface area is 223 Å². The summed E-state index contributed by atoms with van der Waals surface area (Å²) in [5.74, 6) is 0.587. The Morgan fingerprint density at radius 2 is 1.86 bits per heavy atom. The van der Waals surface area contributed by atoms with Crippen molar-refractivity contribution < 1.29 is 24.2 Å². The molecule has 0 unspecified atom stereocenters. The average molecular weight is 527 g/mol. The van der Waals surface area contributed by atoms with Crippen LogP contribution in [-0.4, -0.2) is 64.9 Å². The van der Waals surface area contributed by atoms with E-state index in [0.717, 1.165) is 29.5 Å². The molecular weight excluding hydrogens is 492 g/mol. The minimum atomic E-state index is -0.623. The van der Waals surface area contributed by atoms with E-state index in [1.165, 1.54) is 0 Å². The molecule has 2 aromatic carbocycles. The van der Waals surface area contributed by atoms with Crippen LogP contribution in [0.15, 0.2) is 54.1 Å². The smallest absolute Gasteiger partial charge is 0.410 e. The first-order valence-corrected chi connectivity index (χ1v) is 13.1. The molecule has 2 aliphatic rings. The molecule has 0 atom stereocenters. The maximum atomic E-state index is 14.1. The van der Waals surface area contributed by atoms with E-state index in [4.69, 9.17) is 26.2 Å². The average Bonchev–Trinajstić information content (AvgIpc) is 3.70. The van der Waals surface area contributed by atoms with Gasteiger partial charge in [0.1, 0.15) is 18.0 Å². The van der Waals surface area contributed by atoms with Crippen molar-refractivity contribution in [1.82, 2.24) is 9.80 Å². The first-order valence-electron chi connectivity index (χ1n) is 12.7. The highest BCUT2D eigenvalue weighted by Crippen LogP contribution is 2.35. The van der Waals surface area contributed by atoms with E-state index in [2.05, 4.69) is 0 Å². The van der Waals surface area contributed by atoms with E-state index in [1.54, 1.807) is 4.90 Å². The van der Waals surface area contributed by atoms with Crippen LogP contribution in [0.4, 0.5) is 4.79 Å². The summed E-state index contributed by atoms with van der Waals surface area (Å²) in [6.07, 6.45) is 2.04. The zero-order valence-electron chi connectivity index (χ0n) is 21.7. The van der Waals surface area contributed by atoms with Crippen molar-refractivity contribution in [2.24, 2.45) is 0 Å². The number of aliphatic hydroxyl groups is 1. The molecule has 7 nitrogen and oxygen atoms in total. The van der Waals surface area contributed by atoms with Crippen LogP contribution in [0.3, 0.4) is 0 Å². The Hall–Kier alpha value is -3.03. The van der Waals surface area contributed by atoms with Crippen LogP contribution < -0.4 is 4.74 Å². The Balaban J connectivity index is 1.66. The van der Waals surface area contributed by atoms with E-state index in [9.17, 15) is 9.59 Å². The lowest BCUT2D eigenvalue weighted by Gasteiger charge is -2.34. The van der Waals surface area contributed by atoms with Gasteiger partial charge >= 0.3 is 6.09 Å². The molecule has 1 aliphatic carbocycles. The maximum absolute atomic E-state index is 14.1. The number of carbonyl (C=O) groups is 2. The second-order valence-corrected chi connectivity index (χ2v) is 10.9. The van der Waals surface area contributed by atoms with Crippen molar-refractivity contribution in [2.45, 2.75) is 58.2 Å².